The molecular weight excluding hydrogens is 326 g/mol. The number of para-hydroxylation sites is 1. The van der Waals surface area contributed by atoms with Crippen LogP contribution in [0.2, 0.25) is 0 Å². The van der Waals surface area contributed by atoms with E-state index in [4.69, 9.17) is 0 Å². The lowest BCUT2D eigenvalue weighted by atomic mass is 9.86. The van der Waals surface area contributed by atoms with Crippen molar-refractivity contribution in [2.45, 2.75) is 31.8 Å². The number of piperazine rings is 1. The van der Waals surface area contributed by atoms with Crippen molar-refractivity contribution in [1.29, 1.82) is 0 Å². The van der Waals surface area contributed by atoms with E-state index >= 15 is 0 Å². The van der Waals surface area contributed by atoms with Crippen LogP contribution in [0.25, 0.3) is 5.69 Å². The van der Waals surface area contributed by atoms with Crippen LogP contribution >= 0.6 is 0 Å². The Morgan fingerprint density at radius 1 is 1.12 bits per heavy atom. The summed E-state index contributed by atoms with van der Waals surface area (Å²) in [5.41, 5.74) is 3.25. The first kappa shape index (κ1) is 17.5. The standard InChI is InChI=1S/C20H29N5O/c1-16-18(19(26)25(23(16)2)17-6-4-3-5-7-17)14-24-12-8-20(9-13-24)15-21-10-11-22-20/h3-7,21-22H,8-15H2,1-2H3. The number of rotatable bonds is 3. The van der Waals surface area contributed by atoms with Crippen molar-refractivity contribution in [3.8, 4) is 5.69 Å². The van der Waals surface area contributed by atoms with Crippen LogP contribution in [0.15, 0.2) is 35.1 Å². The van der Waals surface area contributed by atoms with Crippen LogP contribution in [0, 0.1) is 6.92 Å². The Kier molecular flexibility index (Phi) is 4.73. The van der Waals surface area contributed by atoms with Gasteiger partial charge < -0.3 is 10.6 Å². The Morgan fingerprint density at radius 2 is 1.85 bits per heavy atom. The van der Waals surface area contributed by atoms with Crippen LogP contribution in [0.3, 0.4) is 0 Å². The Morgan fingerprint density at radius 3 is 2.50 bits per heavy atom. The number of likely N-dealkylation sites (tertiary alicyclic amines) is 1. The molecule has 0 amide bonds. The van der Waals surface area contributed by atoms with Crippen molar-refractivity contribution in [3.63, 3.8) is 0 Å². The Hall–Kier alpha value is -1.89. The van der Waals surface area contributed by atoms with Gasteiger partial charge in [-0.25, -0.2) is 4.68 Å². The molecule has 2 aromatic rings. The number of nitrogens with zero attached hydrogens (tertiary/aromatic N) is 3. The zero-order valence-electron chi connectivity index (χ0n) is 15.8. The molecule has 0 aliphatic carbocycles. The summed E-state index contributed by atoms with van der Waals surface area (Å²) in [6.45, 7) is 8.04. The number of hydrogen-bond donors (Lipinski definition) is 2. The molecule has 2 fully saturated rings. The van der Waals surface area contributed by atoms with Gasteiger partial charge in [-0.05, 0) is 31.9 Å². The molecule has 0 bridgehead atoms. The lowest BCUT2D eigenvalue weighted by molar-refractivity contribution is 0.116. The molecule has 26 heavy (non-hydrogen) atoms. The predicted octanol–water partition coefficient (Wildman–Crippen LogP) is 1.01. The van der Waals surface area contributed by atoms with Crippen molar-refractivity contribution in [3.05, 3.63) is 51.9 Å². The third-order valence-corrected chi connectivity index (χ3v) is 6.13. The fourth-order valence-electron chi connectivity index (χ4n) is 4.33. The van der Waals surface area contributed by atoms with Gasteiger partial charge in [-0.2, -0.15) is 0 Å². The summed E-state index contributed by atoms with van der Waals surface area (Å²) in [4.78, 5) is 15.5. The summed E-state index contributed by atoms with van der Waals surface area (Å²) in [6, 6.07) is 9.88. The lowest BCUT2D eigenvalue weighted by Gasteiger charge is -2.45. The molecule has 6 nitrogen and oxygen atoms in total. The van der Waals surface area contributed by atoms with Gasteiger partial charge in [0.05, 0.1) is 11.3 Å². The molecule has 1 spiro atoms. The lowest BCUT2D eigenvalue weighted by Crippen LogP contribution is -2.63. The van der Waals surface area contributed by atoms with E-state index in [9.17, 15) is 4.79 Å². The van der Waals surface area contributed by atoms with Crippen LogP contribution in [0.5, 0.6) is 0 Å². The van der Waals surface area contributed by atoms with E-state index in [-0.39, 0.29) is 11.1 Å². The minimum absolute atomic E-state index is 0.106. The largest absolute Gasteiger partial charge is 0.314 e. The first-order valence-electron chi connectivity index (χ1n) is 9.61. The summed E-state index contributed by atoms with van der Waals surface area (Å²) in [7, 11) is 1.97. The molecule has 2 saturated heterocycles. The summed E-state index contributed by atoms with van der Waals surface area (Å²) >= 11 is 0. The molecule has 6 heteroatoms. The van der Waals surface area contributed by atoms with Crippen LogP contribution in [-0.2, 0) is 13.6 Å². The minimum Gasteiger partial charge on any atom is -0.314 e. The van der Waals surface area contributed by atoms with Gasteiger partial charge in [0, 0.05) is 57.5 Å². The van der Waals surface area contributed by atoms with Gasteiger partial charge >= 0.3 is 0 Å². The van der Waals surface area contributed by atoms with Crippen molar-refractivity contribution < 1.29 is 0 Å². The van der Waals surface area contributed by atoms with Crippen molar-refractivity contribution in [1.82, 2.24) is 24.9 Å². The number of benzene rings is 1. The Balaban J connectivity index is 1.52. The molecule has 1 aromatic carbocycles. The fraction of sp³-hybridized carbons (Fsp3) is 0.550. The van der Waals surface area contributed by atoms with Gasteiger partial charge in [-0.1, -0.05) is 18.2 Å². The highest BCUT2D eigenvalue weighted by molar-refractivity contribution is 5.33. The highest BCUT2D eigenvalue weighted by atomic mass is 16.1. The second kappa shape index (κ2) is 7.02. The quantitative estimate of drug-likeness (QED) is 0.863. The summed E-state index contributed by atoms with van der Waals surface area (Å²) in [6.07, 6.45) is 2.28. The maximum Gasteiger partial charge on any atom is 0.276 e. The molecule has 2 N–H and O–H groups in total. The molecule has 0 unspecified atom stereocenters. The van der Waals surface area contributed by atoms with E-state index in [1.807, 2.05) is 49.0 Å². The predicted molar refractivity (Wildman–Crippen MR) is 104 cm³/mol. The molecule has 4 rings (SSSR count). The van der Waals surface area contributed by atoms with E-state index in [2.05, 4.69) is 15.5 Å². The van der Waals surface area contributed by atoms with Gasteiger partial charge in [0.25, 0.3) is 5.56 Å². The first-order valence-corrected chi connectivity index (χ1v) is 9.61. The molecule has 2 aliphatic heterocycles. The highest BCUT2D eigenvalue weighted by Gasteiger charge is 2.35. The molecule has 0 saturated carbocycles. The number of hydrogen-bond acceptors (Lipinski definition) is 4. The monoisotopic (exact) mass is 355 g/mol. The highest BCUT2D eigenvalue weighted by Crippen LogP contribution is 2.24. The molecule has 2 aliphatic rings. The average Bonchev–Trinajstić information content (AvgIpc) is 2.88. The molecule has 0 radical (unpaired) electrons. The first-order chi connectivity index (χ1) is 12.6. The topological polar surface area (TPSA) is 54.2 Å². The minimum atomic E-state index is 0.106. The van der Waals surface area contributed by atoms with Crippen LogP contribution in [0.4, 0.5) is 0 Å². The van der Waals surface area contributed by atoms with Gasteiger partial charge in [0.15, 0.2) is 0 Å². The zero-order chi connectivity index (χ0) is 18.1. The van der Waals surface area contributed by atoms with Crippen LogP contribution < -0.4 is 16.2 Å². The SMILES string of the molecule is Cc1c(CN2CCC3(CC2)CNCCN3)c(=O)n(-c2ccccc2)n1C. The molecule has 3 heterocycles. The van der Waals surface area contributed by atoms with Crippen molar-refractivity contribution in [2.75, 3.05) is 32.7 Å². The molecular formula is C20H29N5O. The molecule has 140 valence electrons. The zero-order valence-corrected chi connectivity index (χ0v) is 15.8. The second-order valence-corrected chi connectivity index (χ2v) is 7.70. The Bertz CT molecular complexity index is 807. The normalized spacial score (nSPS) is 20.5. The third kappa shape index (κ3) is 3.13. The maximum absolute atomic E-state index is 13.1. The van der Waals surface area contributed by atoms with Gasteiger partial charge in [-0.15, -0.1) is 0 Å². The van der Waals surface area contributed by atoms with Gasteiger partial charge in [-0.3, -0.25) is 14.4 Å². The van der Waals surface area contributed by atoms with Crippen LogP contribution in [0.1, 0.15) is 24.1 Å². The average molecular weight is 355 g/mol. The Labute approximate surface area is 154 Å². The molecule has 0 atom stereocenters. The van der Waals surface area contributed by atoms with E-state index in [0.29, 0.717) is 0 Å². The van der Waals surface area contributed by atoms with Crippen LogP contribution in [-0.4, -0.2) is 52.5 Å². The maximum atomic E-state index is 13.1. The third-order valence-electron chi connectivity index (χ3n) is 6.13. The van der Waals surface area contributed by atoms with E-state index in [0.717, 1.165) is 69.1 Å². The summed E-state index contributed by atoms with van der Waals surface area (Å²) in [5, 5.41) is 7.24. The number of aromatic nitrogens is 2. The van der Waals surface area contributed by atoms with Crippen molar-refractivity contribution >= 4 is 0 Å². The van der Waals surface area contributed by atoms with E-state index < -0.39 is 0 Å². The number of nitrogens with one attached hydrogen (secondary N) is 2. The molecule has 1 aromatic heterocycles. The summed E-state index contributed by atoms with van der Waals surface area (Å²) in [5.74, 6) is 0. The van der Waals surface area contributed by atoms with Gasteiger partial charge in [0.1, 0.15) is 0 Å². The van der Waals surface area contributed by atoms with E-state index in [1.165, 1.54) is 0 Å². The number of piperidine rings is 1. The fourth-order valence-corrected chi connectivity index (χ4v) is 4.33. The van der Waals surface area contributed by atoms with E-state index in [1.54, 1.807) is 4.68 Å². The van der Waals surface area contributed by atoms with Crippen molar-refractivity contribution in [2.24, 2.45) is 7.05 Å². The second-order valence-electron chi connectivity index (χ2n) is 7.70. The smallest absolute Gasteiger partial charge is 0.276 e. The van der Waals surface area contributed by atoms with Gasteiger partial charge in [0.2, 0.25) is 0 Å². The summed E-state index contributed by atoms with van der Waals surface area (Å²) < 4.78 is 3.76.